The van der Waals surface area contributed by atoms with E-state index in [0.29, 0.717) is 0 Å². The number of rotatable bonds is 14. The van der Waals surface area contributed by atoms with Crippen molar-refractivity contribution < 1.29 is 13.6 Å². The molecule has 0 N–H and O–H groups in total. The fourth-order valence-electron chi connectivity index (χ4n) is 3.51. The van der Waals surface area contributed by atoms with E-state index in [1.165, 1.54) is 25.7 Å². The first kappa shape index (κ1) is 24.1. The van der Waals surface area contributed by atoms with Gasteiger partial charge in [0.05, 0.1) is 0 Å². The number of hydrogen-bond donors (Lipinski definition) is 0. The SMILES string of the molecule is CC(C)CCCCCCC[P+](Oc1ccccc1)(Oc1ccccc1)Oc1ccccc1. The fraction of sp³-hybridized carbons (Fsp3) is 0.357. The Bertz CT molecular complexity index is 768. The van der Waals surface area contributed by atoms with Crippen LogP contribution in [-0.2, 0) is 0 Å². The molecule has 0 unspecified atom stereocenters. The van der Waals surface area contributed by atoms with E-state index in [1.807, 2.05) is 91.0 Å². The minimum atomic E-state index is -2.73. The van der Waals surface area contributed by atoms with Crippen molar-refractivity contribution in [3.63, 3.8) is 0 Å². The van der Waals surface area contributed by atoms with E-state index in [1.54, 1.807) is 0 Å². The molecule has 0 aliphatic heterocycles. The Kier molecular flexibility index (Phi) is 9.91. The van der Waals surface area contributed by atoms with E-state index < -0.39 is 7.94 Å². The van der Waals surface area contributed by atoms with Crippen molar-refractivity contribution in [2.24, 2.45) is 5.92 Å². The van der Waals surface area contributed by atoms with Gasteiger partial charge in [-0.2, -0.15) is 0 Å². The summed E-state index contributed by atoms with van der Waals surface area (Å²) < 4.78 is 19.6. The van der Waals surface area contributed by atoms with Gasteiger partial charge in [0.15, 0.2) is 23.4 Å². The van der Waals surface area contributed by atoms with Crippen LogP contribution >= 0.6 is 7.94 Å². The molecule has 0 saturated carbocycles. The van der Waals surface area contributed by atoms with Gasteiger partial charge in [0.2, 0.25) is 0 Å². The van der Waals surface area contributed by atoms with Crippen LogP contribution in [0, 0.1) is 5.92 Å². The molecule has 0 aromatic heterocycles. The Morgan fingerprint density at radius 3 is 1.31 bits per heavy atom. The Hall–Kier alpha value is -2.51. The lowest BCUT2D eigenvalue weighted by Crippen LogP contribution is -2.19. The highest BCUT2D eigenvalue weighted by molar-refractivity contribution is 7.62. The minimum absolute atomic E-state index is 0.732. The lowest BCUT2D eigenvalue weighted by atomic mass is 10.0. The van der Waals surface area contributed by atoms with Crippen LogP contribution in [0.15, 0.2) is 91.0 Å². The first-order valence-corrected chi connectivity index (χ1v) is 13.5. The van der Waals surface area contributed by atoms with Crippen LogP contribution in [0.25, 0.3) is 0 Å². The Morgan fingerprint density at radius 2 is 0.906 bits per heavy atom. The summed E-state index contributed by atoms with van der Waals surface area (Å²) in [4.78, 5) is 0. The zero-order valence-corrected chi connectivity index (χ0v) is 20.3. The second-order valence-electron chi connectivity index (χ2n) is 8.50. The van der Waals surface area contributed by atoms with Crippen LogP contribution in [0.3, 0.4) is 0 Å². The van der Waals surface area contributed by atoms with Gasteiger partial charge in [0.25, 0.3) is 0 Å². The van der Waals surface area contributed by atoms with Crippen molar-refractivity contribution in [1.82, 2.24) is 0 Å². The molecule has 0 atom stereocenters. The summed E-state index contributed by atoms with van der Waals surface area (Å²) >= 11 is 0. The van der Waals surface area contributed by atoms with Gasteiger partial charge >= 0.3 is 7.94 Å². The maximum atomic E-state index is 6.54. The molecule has 4 heteroatoms. The average molecular weight is 452 g/mol. The van der Waals surface area contributed by atoms with Gasteiger partial charge in [-0.3, -0.25) is 13.6 Å². The van der Waals surface area contributed by atoms with Gasteiger partial charge in [-0.05, 0) is 55.2 Å². The van der Waals surface area contributed by atoms with E-state index in [2.05, 4.69) is 13.8 Å². The number of hydrogen-bond acceptors (Lipinski definition) is 3. The Labute approximate surface area is 194 Å². The van der Waals surface area contributed by atoms with Gasteiger partial charge in [-0.25, -0.2) is 0 Å². The largest absolute Gasteiger partial charge is 0.541 e. The summed E-state index contributed by atoms with van der Waals surface area (Å²) in [6, 6.07) is 29.6. The Balaban J connectivity index is 1.75. The molecule has 3 nitrogen and oxygen atoms in total. The standard InChI is InChI=1S/C28H36O3P/c1-25(2)17-9-4-3-5-16-24-32(29-26-18-10-6-11-19-26,30-27-20-12-7-13-21-27)31-28-22-14-8-15-23-28/h6-8,10-15,18-23,25H,3-5,9,16-17,24H2,1-2H3/q+1. The van der Waals surface area contributed by atoms with E-state index >= 15 is 0 Å². The molecule has 3 aromatic carbocycles. The zero-order chi connectivity index (χ0) is 22.5. The molecule has 3 aromatic rings. The molecule has 0 bridgehead atoms. The van der Waals surface area contributed by atoms with Crippen molar-refractivity contribution >= 4 is 7.94 Å². The highest BCUT2D eigenvalue weighted by Crippen LogP contribution is 2.61. The molecule has 0 fully saturated rings. The second-order valence-corrected chi connectivity index (χ2v) is 10.7. The van der Waals surface area contributed by atoms with E-state index in [9.17, 15) is 0 Å². The van der Waals surface area contributed by atoms with Gasteiger partial charge in [0.1, 0.15) is 0 Å². The summed E-state index contributed by atoms with van der Waals surface area (Å²) in [7, 11) is -2.73. The number of benzene rings is 3. The predicted octanol–water partition coefficient (Wildman–Crippen LogP) is 8.98. The molecular formula is C28H36O3P+. The number of para-hydroxylation sites is 3. The highest BCUT2D eigenvalue weighted by Gasteiger charge is 2.49. The molecule has 0 amide bonds. The first-order valence-electron chi connectivity index (χ1n) is 11.8. The highest BCUT2D eigenvalue weighted by atomic mass is 31.2. The van der Waals surface area contributed by atoms with Crippen LogP contribution in [0.4, 0.5) is 0 Å². The molecule has 0 aliphatic carbocycles. The molecule has 0 spiro atoms. The normalized spacial score (nSPS) is 11.3. The predicted molar refractivity (Wildman–Crippen MR) is 136 cm³/mol. The summed E-state index contributed by atoms with van der Waals surface area (Å²) in [5.41, 5.74) is 0. The van der Waals surface area contributed by atoms with Crippen LogP contribution in [0.5, 0.6) is 17.2 Å². The van der Waals surface area contributed by atoms with Crippen LogP contribution in [0.2, 0.25) is 0 Å². The molecule has 0 aliphatic rings. The fourth-order valence-corrected chi connectivity index (χ4v) is 5.83. The summed E-state index contributed by atoms with van der Waals surface area (Å²) in [5.74, 6) is 3.09. The van der Waals surface area contributed by atoms with E-state index in [4.69, 9.17) is 13.6 Å². The zero-order valence-electron chi connectivity index (χ0n) is 19.4. The first-order chi connectivity index (χ1) is 15.7. The smallest absolute Gasteiger partial charge is 0.272 e. The van der Waals surface area contributed by atoms with Crippen molar-refractivity contribution in [1.29, 1.82) is 0 Å². The number of unbranched alkanes of at least 4 members (excludes halogenated alkanes) is 4. The van der Waals surface area contributed by atoms with Crippen molar-refractivity contribution in [3.05, 3.63) is 91.0 Å². The molecule has 3 rings (SSSR count). The van der Waals surface area contributed by atoms with Gasteiger partial charge in [-0.1, -0.05) is 94.1 Å². The van der Waals surface area contributed by atoms with Crippen molar-refractivity contribution in [2.45, 2.75) is 52.4 Å². The monoisotopic (exact) mass is 451 g/mol. The minimum Gasteiger partial charge on any atom is -0.272 e. The molecule has 0 saturated heterocycles. The molecule has 0 heterocycles. The lowest BCUT2D eigenvalue weighted by Gasteiger charge is -2.23. The topological polar surface area (TPSA) is 27.7 Å². The van der Waals surface area contributed by atoms with Crippen LogP contribution in [0.1, 0.15) is 52.4 Å². The molecule has 32 heavy (non-hydrogen) atoms. The third-order valence-electron chi connectivity index (χ3n) is 5.18. The lowest BCUT2D eigenvalue weighted by molar-refractivity contribution is 0.351. The Morgan fingerprint density at radius 1 is 0.531 bits per heavy atom. The van der Waals surface area contributed by atoms with Gasteiger partial charge in [-0.15, -0.1) is 0 Å². The molecule has 0 radical (unpaired) electrons. The van der Waals surface area contributed by atoms with Gasteiger partial charge in [0, 0.05) is 0 Å². The van der Waals surface area contributed by atoms with E-state index in [0.717, 1.165) is 42.2 Å². The quantitative estimate of drug-likeness (QED) is 0.181. The summed E-state index contributed by atoms with van der Waals surface area (Å²) in [6.45, 7) is 4.59. The van der Waals surface area contributed by atoms with E-state index in [-0.39, 0.29) is 0 Å². The average Bonchev–Trinajstić information content (AvgIpc) is 2.80. The van der Waals surface area contributed by atoms with Crippen LogP contribution in [-0.4, -0.2) is 6.16 Å². The maximum absolute atomic E-state index is 6.54. The second kappa shape index (κ2) is 13.1. The summed E-state index contributed by atoms with van der Waals surface area (Å²) in [6.07, 6.45) is 8.00. The molecular weight excluding hydrogens is 415 g/mol. The van der Waals surface area contributed by atoms with Crippen molar-refractivity contribution in [3.8, 4) is 17.2 Å². The van der Waals surface area contributed by atoms with Gasteiger partial charge < -0.3 is 0 Å². The summed E-state index contributed by atoms with van der Waals surface area (Å²) in [5, 5.41) is 0. The third kappa shape index (κ3) is 8.55. The van der Waals surface area contributed by atoms with Crippen LogP contribution < -0.4 is 13.6 Å². The van der Waals surface area contributed by atoms with Crippen molar-refractivity contribution in [2.75, 3.05) is 6.16 Å². The third-order valence-corrected chi connectivity index (χ3v) is 7.51. The molecule has 170 valence electrons. The maximum Gasteiger partial charge on any atom is 0.541 e.